The van der Waals surface area contributed by atoms with Crippen LogP contribution >= 0.6 is 0 Å². The highest BCUT2D eigenvalue weighted by Crippen LogP contribution is 2.35. The molecule has 2 aromatic rings. The van der Waals surface area contributed by atoms with E-state index < -0.39 is 29.3 Å². The minimum Gasteiger partial charge on any atom is -0.490 e. The molecule has 0 unspecified atom stereocenters. The van der Waals surface area contributed by atoms with E-state index in [1.54, 1.807) is 0 Å². The monoisotopic (exact) mass is 463 g/mol. The summed E-state index contributed by atoms with van der Waals surface area (Å²) in [6.45, 7) is 2.13. The Morgan fingerprint density at radius 3 is 2.45 bits per heavy atom. The molecule has 0 radical (unpaired) electrons. The molecule has 5 rings (SSSR count). The summed E-state index contributed by atoms with van der Waals surface area (Å²) >= 11 is 0. The molecule has 33 heavy (non-hydrogen) atoms. The summed E-state index contributed by atoms with van der Waals surface area (Å²) in [6, 6.07) is 2.91. The molecule has 1 aromatic carbocycles. The molecule has 3 aliphatic heterocycles. The van der Waals surface area contributed by atoms with E-state index in [0.717, 1.165) is 12.8 Å². The van der Waals surface area contributed by atoms with E-state index >= 15 is 4.39 Å². The van der Waals surface area contributed by atoms with Crippen LogP contribution in [0.3, 0.4) is 0 Å². The van der Waals surface area contributed by atoms with E-state index in [0.29, 0.717) is 45.0 Å². The zero-order valence-corrected chi connectivity index (χ0v) is 18.1. The van der Waals surface area contributed by atoms with Crippen LogP contribution in [0.5, 0.6) is 5.75 Å². The molecular weight excluding hydrogens is 436 g/mol. The van der Waals surface area contributed by atoms with E-state index in [-0.39, 0.29) is 35.5 Å². The van der Waals surface area contributed by atoms with E-state index in [9.17, 15) is 14.0 Å². The Labute approximate surface area is 188 Å². The van der Waals surface area contributed by atoms with Crippen LogP contribution in [0.4, 0.5) is 14.6 Å². The number of aromatic nitrogens is 2. The largest absolute Gasteiger partial charge is 0.490 e. The van der Waals surface area contributed by atoms with Gasteiger partial charge in [-0.1, -0.05) is 0 Å². The highest BCUT2D eigenvalue weighted by molar-refractivity contribution is 5.50. The van der Waals surface area contributed by atoms with Gasteiger partial charge < -0.3 is 19.5 Å². The van der Waals surface area contributed by atoms with Crippen LogP contribution in [0, 0.1) is 5.82 Å². The first kappa shape index (κ1) is 22.1. The standard InChI is InChI=1S/C23H27F2N3O5/c24-18-2-1-15(33-14-5-9-32-10-6-14)11-16(18)20-19(25)12-17-21(26-20)27-23(30)28(22(17)29)13-3-7-31-8-4-13/h1-2,11,13-14,19-20,26H,3-10,12H2,(H,27,30)/t19-,20-/m0/s1. The summed E-state index contributed by atoms with van der Waals surface area (Å²) in [6.07, 6.45) is 0.716. The summed E-state index contributed by atoms with van der Waals surface area (Å²) in [7, 11) is 0. The van der Waals surface area contributed by atoms with E-state index in [4.69, 9.17) is 14.2 Å². The predicted octanol–water partition coefficient (Wildman–Crippen LogP) is 2.63. The Kier molecular flexibility index (Phi) is 6.20. The number of benzene rings is 1. The van der Waals surface area contributed by atoms with Gasteiger partial charge in [0.1, 0.15) is 29.7 Å². The highest BCUT2D eigenvalue weighted by atomic mass is 19.1. The van der Waals surface area contributed by atoms with Gasteiger partial charge in [0.2, 0.25) is 0 Å². The molecule has 0 spiro atoms. The minimum atomic E-state index is -1.56. The molecule has 8 nitrogen and oxygen atoms in total. The number of H-pyrrole nitrogens is 1. The number of nitrogens with one attached hydrogen (secondary N) is 2. The van der Waals surface area contributed by atoms with Crippen molar-refractivity contribution in [2.75, 3.05) is 31.7 Å². The lowest BCUT2D eigenvalue weighted by molar-refractivity contribution is 0.0255. The molecule has 2 N–H and O–H groups in total. The van der Waals surface area contributed by atoms with Crippen molar-refractivity contribution in [1.82, 2.24) is 9.55 Å². The number of anilines is 1. The molecule has 10 heteroatoms. The fourth-order valence-electron chi connectivity index (χ4n) is 4.83. The number of aromatic amines is 1. The van der Waals surface area contributed by atoms with Crippen LogP contribution in [-0.4, -0.2) is 48.3 Å². The summed E-state index contributed by atoms with van der Waals surface area (Å²) in [5.41, 5.74) is -0.815. The van der Waals surface area contributed by atoms with Gasteiger partial charge in [0, 0.05) is 44.1 Å². The predicted molar refractivity (Wildman–Crippen MR) is 116 cm³/mol. The van der Waals surface area contributed by atoms with E-state index in [2.05, 4.69) is 10.3 Å². The summed E-state index contributed by atoms with van der Waals surface area (Å²) in [5.74, 6) is -0.000271. The number of alkyl halides is 1. The van der Waals surface area contributed by atoms with Gasteiger partial charge in [-0.05, 0) is 31.0 Å². The number of hydrogen-bond donors (Lipinski definition) is 2. The third kappa shape index (κ3) is 4.41. The Hall–Kier alpha value is -2.72. The average Bonchev–Trinajstić information content (AvgIpc) is 2.82. The van der Waals surface area contributed by atoms with Gasteiger partial charge in [0.05, 0.1) is 24.8 Å². The quantitative estimate of drug-likeness (QED) is 0.724. The van der Waals surface area contributed by atoms with Gasteiger partial charge in [-0.15, -0.1) is 0 Å². The number of hydrogen-bond acceptors (Lipinski definition) is 6. The number of ether oxygens (including phenoxy) is 3. The Morgan fingerprint density at radius 2 is 1.73 bits per heavy atom. The lowest BCUT2D eigenvalue weighted by atomic mass is 9.93. The minimum absolute atomic E-state index is 0.0433. The third-order valence-electron chi connectivity index (χ3n) is 6.62. The Morgan fingerprint density at radius 1 is 1.03 bits per heavy atom. The van der Waals surface area contributed by atoms with Gasteiger partial charge in [0.15, 0.2) is 0 Å². The molecule has 3 aliphatic rings. The summed E-state index contributed by atoms with van der Waals surface area (Å²) in [4.78, 5) is 28.4. The number of nitrogens with zero attached hydrogens (tertiary/aromatic N) is 1. The molecule has 2 saturated heterocycles. The van der Waals surface area contributed by atoms with Crippen molar-refractivity contribution in [3.05, 3.63) is 56.0 Å². The Bertz CT molecular complexity index is 1120. The smallest absolute Gasteiger partial charge is 0.330 e. The number of rotatable bonds is 4. The molecule has 4 heterocycles. The van der Waals surface area contributed by atoms with Crippen molar-refractivity contribution in [1.29, 1.82) is 0 Å². The SMILES string of the molecule is O=c1[nH]c2c(c(=O)n1C1CCOCC1)C[C@H](F)[C@H](c1cc(OC3CCOCC3)ccc1F)N2. The average molecular weight is 463 g/mol. The van der Waals surface area contributed by atoms with Crippen LogP contribution in [0.25, 0.3) is 0 Å². The topological polar surface area (TPSA) is 94.6 Å². The maximum absolute atomic E-state index is 15.3. The summed E-state index contributed by atoms with van der Waals surface area (Å²) in [5, 5.41) is 2.86. The molecule has 2 atom stereocenters. The molecule has 0 aliphatic carbocycles. The second-order valence-corrected chi connectivity index (χ2v) is 8.76. The molecular formula is C23H27F2N3O5. The van der Waals surface area contributed by atoms with Gasteiger partial charge in [-0.2, -0.15) is 0 Å². The summed E-state index contributed by atoms with van der Waals surface area (Å²) < 4.78 is 47.8. The number of halogens is 2. The fraction of sp³-hybridized carbons (Fsp3) is 0.565. The first-order valence-electron chi connectivity index (χ1n) is 11.4. The maximum Gasteiger partial charge on any atom is 0.330 e. The van der Waals surface area contributed by atoms with Gasteiger partial charge in [-0.25, -0.2) is 13.6 Å². The van der Waals surface area contributed by atoms with Gasteiger partial charge in [0.25, 0.3) is 5.56 Å². The number of fused-ring (bicyclic) bond motifs is 1. The van der Waals surface area contributed by atoms with Crippen molar-refractivity contribution in [3.63, 3.8) is 0 Å². The van der Waals surface area contributed by atoms with E-state index in [1.807, 2.05) is 0 Å². The van der Waals surface area contributed by atoms with Crippen LogP contribution < -0.4 is 21.3 Å². The lowest BCUT2D eigenvalue weighted by Gasteiger charge is -2.31. The second-order valence-electron chi connectivity index (χ2n) is 8.76. The molecule has 0 amide bonds. The fourth-order valence-corrected chi connectivity index (χ4v) is 4.83. The van der Waals surface area contributed by atoms with Gasteiger partial charge in [-0.3, -0.25) is 14.3 Å². The maximum atomic E-state index is 15.3. The highest BCUT2D eigenvalue weighted by Gasteiger charge is 2.35. The zero-order chi connectivity index (χ0) is 22.9. The molecule has 178 valence electrons. The van der Waals surface area contributed by atoms with Crippen molar-refractivity contribution in [2.24, 2.45) is 0 Å². The normalized spacial score (nSPS) is 24.2. The van der Waals surface area contributed by atoms with Crippen LogP contribution in [0.2, 0.25) is 0 Å². The first-order chi connectivity index (χ1) is 16.0. The molecule has 2 fully saturated rings. The molecule has 0 bridgehead atoms. The Balaban J connectivity index is 1.43. The van der Waals surface area contributed by atoms with Crippen molar-refractivity contribution >= 4 is 5.82 Å². The second kappa shape index (κ2) is 9.26. The zero-order valence-electron chi connectivity index (χ0n) is 18.1. The van der Waals surface area contributed by atoms with E-state index in [1.165, 1.54) is 22.8 Å². The van der Waals surface area contributed by atoms with Crippen molar-refractivity contribution in [2.45, 2.75) is 56.5 Å². The third-order valence-corrected chi connectivity index (χ3v) is 6.62. The van der Waals surface area contributed by atoms with Gasteiger partial charge >= 0.3 is 5.69 Å². The van der Waals surface area contributed by atoms with Crippen molar-refractivity contribution in [3.8, 4) is 5.75 Å². The molecule has 0 saturated carbocycles. The van der Waals surface area contributed by atoms with Crippen LogP contribution in [-0.2, 0) is 15.9 Å². The van der Waals surface area contributed by atoms with Crippen LogP contribution in [0.1, 0.15) is 48.9 Å². The lowest BCUT2D eigenvalue weighted by Crippen LogP contribution is -2.45. The van der Waals surface area contributed by atoms with Crippen molar-refractivity contribution < 1.29 is 23.0 Å². The molecule has 1 aromatic heterocycles. The van der Waals surface area contributed by atoms with Crippen LogP contribution in [0.15, 0.2) is 27.8 Å². The first-order valence-corrected chi connectivity index (χ1v) is 11.4.